The van der Waals surface area contributed by atoms with Crippen LogP contribution in [0.1, 0.15) is 16.1 Å². The molecule has 0 radical (unpaired) electrons. The Morgan fingerprint density at radius 1 is 1.47 bits per heavy atom. The van der Waals surface area contributed by atoms with Crippen LogP contribution in [0.15, 0.2) is 12.1 Å². The third-order valence-corrected chi connectivity index (χ3v) is 2.27. The van der Waals surface area contributed by atoms with Crippen LogP contribution in [0.25, 0.3) is 10.9 Å². The summed E-state index contributed by atoms with van der Waals surface area (Å²) in [6, 6.07) is 2.18. The zero-order valence-electron chi connectivity index (χ0n) is 7.84. The number of phenols is 1. The smallest absolute Gasteiger partial charge is 0.338 e. The maximum atomic E-state index is 13.0. The van der Waals surface area contributed by atoms with Gasteiger partial charge in [-0.25, -0.2) is 9.18 Å². The standard InChI is InChI=1S/C10H8FNO3/c1-4-9(10(14)15)5-2-8(13)6(11)3-7(5)12-4/h2-3,12-13H,1H3,(H,14,15). The van der Waals surface area contributed by atoms with E-state index in [9.17, 15) is 9.18 Å². The number of aromatic carboxylic acids is 1. The highest BCUT2D eigenvalue weighted by molar-refractivity contribution is 6.05. The summed E-state index contributed by atoms with van der Waals surface area (Å²) in [5, 5.41) is 18.4. The lowest BCUT2D eigenvalue weighted by atomic mass is 10.1. The fourth-order valence-electron chi connectivity index (χ4n) is 1.61. The Morgan fingerprint density at radius 3 is 2.73 bits per heavy atom. The van der Waals surface area contributed by atoms with E-state index in [2.05, 4.69) is 4.98 Å². The molecule has 0 bridgehead atoms. The number of carboxylic acids is 1. The Hall–Kier alpha value is -2.04. The van der Waals surface area contributed by atoms with Gasteiger partial charge in [0.15, 0.2) is 11.6 Å². The number of aryl methyl sites for hydroxylation is 1. The van der Waals surface area contributed by atoms with E-state index in [1.54, 1.807) is 6.92 Å². The average Bonchev–Trinajstić information content (AvgIpc) is 2.41. The van der Waals surface area contributed by atoms with Gasteiger partial charge in [0, 0.05) is 22.7 Å². The topological polar surface area (TPSA) is 73.3 Å². The normalized spacial score (nSPS) is 10.8. The number of halogens is 1. The lowest BCUT2D eigenvalue weighted by molar-refractivity contribution is 0.0698. The van der Waals surface area contributed by atoms with E-state index in [-0.39, 0.29) is 5.56 Å². The van der Waals surface area contributed by atoms with Crippen molar-refractivity contribution in [1.29, 1.82) is 0 Å². The van der Waals surface area contributed by atoms with Crippen molar-refractivity contribution in [2.75, 3.05) is 0 Å². The molecule has 3 N–H and O–H groups in total. The molecule has 0 spiro atoms. The monoisotopic (exact) mass is 209 g/mol. The first-order valence-electron chi connectivity index (χ1n) is 4.25. The molecule has 5 heteroatoms. The van der Waals surface area contributed by atoms with Crippen molar-refractivity contribution in [1.82, 2.24) is 4.98 Å². The summed E-state index contributed by atoms with van der Waals surface area (Å²) in [7, 11) is 0. The van der Waals surface area contributed by atoms with Crippen molar-refractivity contribution in [3.05, 3.63) is 29.2 Å². The minimum atomic E-state index is -1.11. The van der Waals surface area contributed by atoms with E-state index >= 15 is 0 Å². The van der Waals surface area contributed by atoms with E-state index in [1.807, 2.05) is 0 Å². The number of aromatic nitrogens is 1. The van der Waals surface area contributed by atoms with Gasteiger partial charge in [-0.1, -0.05) is 0 Å². The molecule has 0 aliphatic heterocycles. The molecule has 1 aromatic heterocycles. The number of H-pyrrole nitrogens is 1. The molecule has 2 rings (SSSR count). The predicted octanol–water partition coefficient (Wildman–Crippen LogP) is 2.02. The van der Waals surface area contributed by atoms with Crippen LogP contribution in [-0.2, 0) is 0 Å². The molecule has 0 amide bonds. The van der Waals surface area contributed by atoms with Crippen molar-refractivity contribution in [2.24, 2.45) is 0 Å². The Morgan fingerprint density at radius 2 is 2.13 bits per heavy atom. The minimum absolute atomic E-state index is 0.0558. The molecule has 4 nitrogen and oxygen atoms in total. The summed E-state index contributed by atoms with van der Waals surface area (Å²) in [4.78, 5) is 13.6. The molecule has 1 aromatic carbocycles. The number of hydrogen-bond donors (Lipinski definition) is 3. The minimum Gasteiger partial charge on any atom is -0.505 e. The summed E-state index contributed by atoms with van der Waals surface area (Å²) >= 11 is 0. The van der Waals surface area contributed by atoms with Gasteiger partial charge in [0.25, 0.3) is 0 Å². The summed E-state index contributed by atoms with van der Waals surface area (Å²) in [6.07, 6.45) is 0. The number of carbonyl (C=O) groups is 1. The van der Waals surface area contributed by atoms with Gasteiger partial charge in [0.1, 0.15) is 0 Å². The van der Waals surface area contributed by atoms with Crippen LogP contribution in [0.3, 0.4) is 0 Å². The van der Waals surface area contributed by atoms with Crippen LogP contribution < -0.4 is 0 Å². The maximum absolute atomic E-state index is 13.0. The number of phenolic OH excluding ortho intramolecular Hbond substituents is 1. The number of hydrogen-bond acceptors (Lipinski definition) is 2. The second-order valence-electron chi connectivity index (χ2n) is 3.28. The van der Waals surface area contributed by atoms with Crippen LogP contribution in [0.2, 0.25) is 0 Å². The van der Waals surface area contributed by atoms with E-state index < -0.39 is 17.5 Å². The number of aromatic hydroxyl groups is 1. The van der Waals surface area contributed by atoms with Crippen LogP contribution in [-0.4, -0.2) is 21.2 Å². The number of aromatic amines is 1. The van der Waals surface area contributed by atoms with Gasteiger partial charge in [-0.05, 0) is 13.0 Å². The highest BCUT2D eigenvalue weighted by atomic mass is 19.1. The molecule has 0 saturated carbocycles. The van der Waals surface area contributed by atoms with Gasteiger partial charge in [0.05, 0.1) is 5.56 Å². The molecule has 78 valence electrons. The fraction of sp³-hybridized carbons (Fsp3) is 0.100. The SMILES string of the molecule is Cc1[nH]c2cc(F)c(O)cc2c1C(=O)O. The van der Waals surface area contributed by atoms with Crippen molar-refractivity contribution in [3.63, 3.8) is 0 Å². The van der Waals surface area contributed by atoms with Gasteiger partial charge in [-0.3, -0.25) is 0 Å². The third-order valence-electron chi connectivity index (χ3n) is 2.27. The van der Waals surface area contributed by atoms with Gasteiger partial charge >= 0.3 is 5.97 Å². The van der Waals surface area contributed by atoms with Gasteiger partial charge in [-0.2, -0.15) is 0 Å². The molecule has 2 aromatic rings. The Kier molecular flexibility index (Phi) is 1.89. The second kappa shape index (κ2) is 2.98. The van der Waals surface area contributed by atoms with Crippen molar-refractivity contribution < 1.29 is 19.4 Å². The van der Waals surface area contributed by atoms with Crippen LogP contribution in [0.5, 0.6) is 5.75 Å². The molecule has 1 heterocycles. The van der Waals surface area contributed by atoms with Gasteiger partial charge in [0.2, 0.25) is 0 Å². The maximum Gasteiger partial charge on any atom is 0.338 e. The highest BCUT2D eigenvalue weighted by Gasteiger charge is 2.16. The number of nitrogens with one attached hydrogen (secondary N) is 1. The fourth-order valence-corrected chi connectivity index (χ4v) is 1.61. The first kappa shape index (κ1) is 9.51. The first-order chi connectivity index (χ1) is 7.00. The number of fused-ring (bicyclic) bond motifs is 1. The van der Waals surface area contributed by atoms with Crippen LogP contribution in [0.4, 0.5) is 4.39 Å². The Labute approximate surface area is 84.0 Å². The second-order valence-corrected chi connectivity index (χ2v) is 3.28. The molecule has 0 aliphatic carbocycles. The lowest BCUT2D eigenvalue weighted by Crippen LogP contribution is -1.96. The van der Waals surface area contributed by atoms with E-state index in [1.165, 1.54) is 0 Å². The molecule has 0 unspecified atom stereocenters. The average molecular weight is 209 g/mol. The molecular weight excluding hydrogens is 201 g/mol. The van der Waals surface area contributed by atoms with Crippen LogP contribution in [0, 0.1) is 12.7 Å². The predicted molar refractivity (Wildman–Crippen MR) is 51.6 cm³/mol. The number of carboxylic acid groups (broad SMARTS) is 1. The number of rotatable bonds is 1. The summed E-state index contributed by atoms with van der Waals surface area (Å²) < 4.78 is 13.0. The summed E-state index contributed by atoms with van der Waals surface area (Å²) in [6.45, 7) is 1.58. The van der Waals surface area contributed by atoms with Gasteiger partial charge in [-0.15, -0.1) is 0 Å². The molecule has 0 fully saturated rings. The molecule has 0 atom stereocenters. The number of benzene rings is 1. The zero-order chi connectivity index (χ0) is 11.2. The molecular formula is C10H8FNO3. The first-order valence-corrected chi connectivity index (χ1v) is 4.25. The summed E-state index contributed by atoms with van der Waals surface area (Å²) in [5.41, 5.74) is 0.850. The van der Waals surface area contributed by atoms with E-state index in [0.717, 1.165) is 12.1 Å². The van der Waals surface area contributed by atoms with E-state index in [4.69, 9.17) is 10.2 Å². The summed E-state index contributed by atoms with van der Waals surface area (Å²) in [5.74, 6) is -2.44. The largest absolute Gasteiger partial charge is 0.505 e. The third kappa shape index (κ3) is 1.32. The van der Waals surface area contributed by atoms with Crippen molar-refractivity contribution in [3.8, 4) is 5.75 Å². The van der Waals surface area contributed by atoms with Crippen LogP contribution >= 0.6 is 0 Å². The van der Waals surface area contributed by atoms with E-state index in [0.29, 0.717) is 16.6 Å². The van der Waals surface area contributed by atoms with Gasteiger partial charge < -0.3 is 15.2 Å². The zero-order valence-corrected chi connectivity index (χ0v) is 7.84. The Bertz CT molecular complexity index is 559. The quantitative estimate of drug-likeness (QED) is 0.672. The van der Waals surface area contributed by atoms with Crippen molar-refractivity contribution >= 4 is 16.9 Å². The molecule has 15 heavy (non-hydrogen) atoms. The molecule has 0 aliphatic rings. The molecule has 0 saturated heterocycles. The highest BCUT2D eigenvalue weighted by Crippen LogP contribution is 2.28. The Balaban J connectivity index is 2.87. The van der Waals surface area contributed by atoms with Crippen molar-refractivity contribution in [2.45, 2.75) is 6.92 Å². The lowest BCUT2D eigenvalue weighted by Gasteiger charge is -1.96.